The second kappa shape index (κ2) is 7.17. The molecule has 0 saturated carbocycles. The average Bonchev–Trinajstić information content (AvgIpc) is 2.94. The van der Waals surface area contributed by atoms with E-state index in [9.17, 15) is 4.79 Å². The summed E-state index contributed by atoms with van der Waals surface area (Å²) in [5.41, 5.74) is 4.43. The summed E-state index contributed by atoms with van der Waals surface area (Å²) >= 11 is 2.28. The molecule has 0 bridgehead atoms. The number of H-pyrrole nitrogens is 1. The Morgan fingerprint density at radius 1 is 1.22 bits per heavy atom. The van der Waals surface area contributed by atoms with Gasteiger partial charge in [-0.2, -0.15) is 0 Å². The van der Waals surface area contributed by atoms with E-state index in [1.54, 1.807) is 0 Å². The molecule has 4 heteroatoms. The third-order valence-corrected chi connectivity index (χ3v) is 4.66. The number of aryl methyl sites for hydroxylation is 2. The molecule has 0 aliphatic carbocycles. The van der Waals surface area contributed by atoms with Crippen molar-refractivity contribution < 1.29 is 4.79 Å². The first-order valence-electron chi connectivity index (χ1n) is 7.74. The molecule has 118 valence electrons. The zero-order valence-corrected chi connectivity index (χ0v) is 15.2. The molecule has 0 atom stereocenters. The van der Waals surface area contributed by atoms with Crippen LogP contribution in [0.5, 0.6) is 0 Å². The zero-order chi connectivity index (χ0) is 16.2. The lowest BCUT2D eigenvalue weighted by molar-refractivity contribution is -0.116. The molecule has 0 saturated heterocycles. The van der Waals surface area contributed by atoms with Crippen molar-refractivity contribution in [2.45, 2.75) is 26.2 Å². The third kappa shape index (κ3) is 3.93. The van der Waals surface area contributed by atoms with Crippen LogP contribution in [0.3, 0.4) is 0 Å². The Bertz CT molecular complexity index is 838. The zero-order valence-electron chi connectivity index (χ0n) is 13.0. The van der Waals surface area contributed by atoms with Crippen LogP contribution in [0.2, 0.25) is 0 Å². The Morgan fingerprint density at radius 3 is 2.87 bits per heavy atom. The Balaban J connectivity index is 1.55. The number of rotatable bonds is 5. The lowest BCUT2D eigenvalue weighted by atomic mass is 10.1. The minimum atomic E-state index is 0.0779. The van der Waals surface area contributed by atoms with Crippen LogP contribution in [-0.2, 0) is 11.2 Å². The van der Waals surface area contributed by atoms with E-state index in [1.807, 2.05) is 37.4 Å². The lowest BCUT2D eigenvalue weighted by Crippen LogP contribution is -2.12. The first-order chi connectivity index (χ1) is 11.1. The summed E-state index contributed by atoms with van der Waals surface area (Å²) in [5.74, 6) is 0.0779. The van der Waals surface area contributed by atoms with Gasteiger partial charge < -0.3 is 10.3 Å². The fraction of sp³-hybridized carbons (Fsp3) is 0.211. The van der Waals surface area contributed by atoms with Crippen molar-refractivity contribution in [1.29, 1.82) is 0 Å². The van der Waals surface area contributed by atoms with E-state index in [4.69, 9.17) is 0 Å². The fourth-order valence-corrected chi connectivity index (χ4v) is 3.40. The molecule has 1 amide bonds. The number of carbonyl (C=O) groups is 1. The van der Waals surface area contributed by atoms with Gasteiger partial charge in [0.05, 0.1) is 0 Å². The van der Waals surface area contributed by atoms with Gasteiger partial charge in [0.15, 0.2) is 0 Å². The molecular formula is C19H19IN2O. The predicted molar refractivity (Wildman–Crippen MR) is 104 cm³/mol. The van der Waals surface area contributed by atoms with E-state index >= 15 is 0 Å². The lowest BCUT2D eigenvalue weighted by Gasteiger charge is -2.08. The van der Waals surface area contributed by atoms with Gasteiger partial charge in [-0.05, 0) is 77.7 Å². The SMILES string of the molecule is Cc1cc(I)ccc1NC(=O)CCCc1c[nH]c2ccccc12. The predicted octanol–water partition coefficient (Wildman–Crippen LogP) is 5.04. The van der Waals surface area contributed by atoms with E-state index in [1.165, 1.54) is 14.5 Å². The van der Waals surface area contributed by atoms with E-state index in [0.29, 0.717) is 6.42 Å². The highest BCUT2D eigenvalue weighted by Gasteiger charge is 2.07. The van der Waals surface area contributed by atoms with Crippen molar-refractivity contribution in [1.82, 2.24) is 4.98 Å². The molecule has 0 fully saturated rings. The van der Waals surface area contributed by atoms with Gasteiger partial charge in [-0.15, -0.1) is 0 Å². The van der Waals surface area contributed by atoms with Gasteiger partial charge in [0.1, 0.15) is 0 Å². The van der Waals surface area contributed by atoms with E-state index in [2.05, 4.69) is 51.1 Å². The van der Waals surface area contributed by atoms with Crippen molar-refractivity contribution in [3.8, 4) is 0 Å². The average molecular weight is 418 g/mol. The topological polar surface area (TPSA) is 44.9 Å². The van der Waals surface area contributed by atoms with Crippen LogP contribution in [0.15, 0.2) is 48.7 Å². The van der Waals surface area contributed by atoms with Crippen molar-refractivity contribution in [3.63, 3.8) is 0 Å². The number of fused-ring (bicyclic) bond motifs is 1. The van der Waals surface area contributed by atoms with E-state index in [0.717, 1.165) is 29.6 Å². The summed E-state index contributed by atoms with van der Waals surface area (Å²) in [4.78, 5) is 15.4. The number of hydrogen-bond donors (Lipinski definition) is 2. The Hall–Kier alpha value is -1.82. The minimum Gasteiger partial charge on any atom is -0.361 e. The molecule has 3 nitrogen and oxygen atoms in total. The van der Waals surface area contributed by atoms with Gasteiger partial charge in [0.25, 0.3) is 0 Å². The molecule has 1 aromatic heterocycles. The summed E-state index contributed by atoms with van der Waals surface area (Å²) < 4.78 is 1.18. The van der Waals surface area contributed by atoms with Gasteiger partial charge in [0.2, 0.25) is 5.91 Å². The summed E-state index contributed by atoms with van der Waals surface area (Å²) in [6.07, 6.45) is 4.33. The molecule has 0 spiro atoms. The number of halogens is 1. The Kier molecular flexibility index (Phi) is 5.00. The molecule has 0 aliphatic heterocycles. The van der Waals surface area contributed by atoms with Crippen molar-refractivity contribution in [3.05, 3.63) is 63.4 Å². The van der Waals surface area contributed by atoms with Gasteiger partial charge in [-0.3, -0.25) is 4.79 Å². The summed E-state index contributed by atoms with van der Waals surface area (Å²) in [7, 11) is 0. The maximum atomic E-state index is 12.1. The second-order valence-electron chi connectivity index (χ2n) is 5.72. The van der Waals surface area contributed by atoms with Crippen LogP contribution < -0.4 is 5.32 Å². The fourth-order valence-electron chi connectivity index (χ4n) is 2.76. The monoisotopic (exact) mass is 418 g/mol. The highest BCUT2D eigenvalue weighted by atomic mass is 127. The number of nitrogens with one attached hydrogen (secondary N) is 2. The van der Waals surface area contributed by atoms with Gasteiger partial charge in [-0.1, -0.05) is 18.2 Å². The summed E-state index contributed by atoms with van der Waals surface area (Å²) in [6, 6.07) is 14.3. The van der Waals surface area contributed by atoms with Crippen LogP contribution in [0.1, 0.15) is 24.0 Å². The van der Waals surface area contributed by atoms with Gasteiger partial charge in [-0.25, -0.2) is 0 Å². The number of carbonyl (C=O) groups excluding carboxylic acids is 1. The van der Waals surface area contributed by atoms with Gasteiger partial charge in [0, 0.05) is 32.8 Å². The molecule has 2 aromatic carbocycles. The van der Waals surface area contributed by atoms with Crippen LogP contribution in [0, 0.1) is 10.5 Å². The van der Waals surface area contributed by atoms with Crippen molar-refractivity contribution in [2.24, 2.45) is 0 Å². The van der Waals surface area contributed by atoms with E-state index < -0.39 is 0 Å². The first-order valence-corrected chi connectivity index (χ1v) is 8.82. The number of aromatic amines is 1. The molecule has 3 rings (SSSR count). The number of anilines is 1. The van der Waals surface area contributed by atoms with Crippen molar-refractivity contribution >= 4 is 45.1 Å². The smallest absolute Gasteiger partial charge is 0.224 e. The first kappa shape index (κ1) is 16.1. The molecule has 0 radical (unpaired) electrons. The highest BCUT2D eigenvalue weighted by Crippen LogP contribution is 2.20. The maximum absolute atomic E-state index is 12.1. The van der Waals surface area contributed by atoms with Crippen molar-refractivity contribution in [2.75, 3.05) is 5.32 Å². The van der Waals surface area contributed by atoms with Crippen LogP contribution in [0.4, 0.5) is 5.69 Å². The number of para-hydroxylation sites is 1. The molecule has 1 heterocycles. The standard InChI is InChI=1S/C19H19IN2O/c1-13-11-15(20)9-10-17(13)22-19(23)8-4-5-14-12-21-18-7-3-2-6-16(14)18/h2-3,6-7,9-12,21H,4-5,8H2,1H3,(H,22,23). The Morgan fingerprint density at radius 2 is 2.04 bits per heavy atom. The number of hydrogen-bond acceptors (Lipinski definition) is 1. The molecule has 0 unspecified atom stereocenters. The normalized spacial score (nSPS) is 10.9. The molecule has 23 heavy (non-hydrogen) atoms. The van der Waals surface area contributed by atoms with E-state index in [-0.39, 0.29) is 5.91 Å². The van der Waals surface area contributed by atoms with Crippen LogP contribution in [0.25, 0.3) is 10.9 Å². The molecular weight excluding hydrogens is 399 g/mol. The third-order valence-electron chi connectivity index (χ3n) is 3.99. The minimum absolute atomic E-state index is 0.0779. The molecule has 2 N–H and O–H groups in total. The van der Waals surface area contributed by atoms with Crippen LogP contribution in [-0.4, -0.2) is 10.9 Å². The number of benzene rings is 2. The number of aromatic nitrogens is 1. The highest BCUT2D eigenvalue weighted by molar-refractivity contribution is 14.1. The maximum Gasteiger partial charge on any atom is 0.224 e. The van der Waals surface area contributed by atoms with Gasteiger partial charge >= 0.3 is 0 Å². The summed E-state index contributed by atoms with van der Waals surface area (Å²) in [5, 5.41) is 4.26. The number of amides is 1. The van der Waals surface area contributed by atoms with Crippen LogP contribution >= 0.6 is 22.6 Å². The summed E-state index contributed by atoms with van der Waals surface area (Å²) in [6.45, 7) is 2.02. The molecule has 0 aliphatic rings. The Labute approximate surface area is 149 Å². The quantitative estimate of drug-likeness (QED) is 0.561. The largest absolute Gasteiger partial charge is 0.361 e. The second-order valence-corrected chi connectivity index (χ2v) is 6.97. The molecule has 3 aromatic rings.